The van der Waals surface area contributed by atoms with Gasteiger partial charge in [0.2, 0.25) is 0 Å². The molecule has 0 atom stereocenters. The number of hydrogen-bond acceptors (Lipinski definition) is 5. The number of carboxylic acids is 1. The molecule has 0 amide bonds. The van der Waals surface area contributed by atoms with Gasteiger partial charge >= 0.3 is 5.97 Å². The maximum atomic E-state index is 11.0. The van der Waals surface area contributed by atoms with Crippen molar-refractivity contribution in [3.05, 3.63) is 46.5 Å². The summed E-state index contributed by atoms with van der Waals surface area (Å²) in [6.07, 6.45) is 1.38. The molecule has 86 valence electrons. The Morgan fingerprint density at radius 3 is 2.88 bits per heavy atom. The fraction of sp³-hybridized carbons (Fsp3) is 0. The van der Waals surface area contributed by atoms with Gasteiger partial charge in [0.25, 0.3) is 5.56 Å². The van der Waals surface area contributed by atoms with Crippen LogP contribution in [0.1, 0.15) is 10.5 Å². The van der Waals surface area contributed by atoms with Crippen LogP contribution in [0.3, 0.4) is 0 Å². The molecule has 0 bridgehead atoms. The van der Waals surface area contributed by atoms with Crippen molar-refractivity contribution >= 4 is 17.7 Å². The summed E-state index contributed by atoms with van der Waals surface area (Å²) in [5.41, 5.74) is -0.315. The van der Waals surface area contributed by atoms with E-state index in [2.05, 4.69) is 15.0 Å². The number of aromatic carboxylic acids is 1. The van der Waals surface area contributed by atoms with Crippen molar-refractivity contribution < 1.29 is 9.90 Å². The second-order valence-electron chi connectivity index (χ2n) is 3.01. The topological polar surface area (TPSA) is 95.9 Å². The lowest BCUT2D eigenvalue weighted by Crippen LogP contribution is -2.05. The Hall–Kier alpha value is -2.15. The molecule has 0 saturated carbocycles. The van der Waals surface area contributed by atoms with Crippen molar-refractivity contribution in [3.8, 4) is 0 Å². The third-order valence-corrected chi connectivity index (χ3v) is 2.63. The van der Waals surface area contributed by atoms with E-state index in [1.54, 1.807) is 12.1 Å². The van der Waals surface area contributed by atoms with Crippen LogP contribution < -0.4 is 5.56 Å². The number of aromatic amines is 1. The molecule has 0 aliphatic heterocycles. The summed E-state index contributed by atoms with van der Waals surface area (Å²) in [4.78, 5) is 32.1. The van der Waals surface area contributed by atoms with E-state index < -0.39 is 5.97 Å². The van der Waals surface area contributed by atoms with Gasteiger partial charge in [-0.15, -0.1) is 0 Å². The maximum absolute atomic E-state index is 11.0. The summed E-state index contributed by atoms with van der Waals surface area (Å²) in [6, 6.07) is 5.92. The van der Waals surface area contributed by atoms with Crippen LogP contribution in [-0.2, 0) is 0 Å². The molecular weight excluding hydrogens is 242 g/mol. The minimum Gasteiger partial charge on any atom is -0.477 e. The first kappa shape index (κ1) is 11.3. The highest BCUT2D eigenvalue weighted by atomic mass is 32.2. The second-order valence-corrected chi connectivity index (χ2v) is 4.02. The van der Waals surface area contributed by atoms with Gasteiger partial charge in [-0.25, -0.2) is 14.8 Å². The van der Waals surface area contributed by atoms with E-state index in [0.717, 1.165) is 11.8 Å². The van der Waals surface area contributed by atoms with Crippen molar-refractivity contribution in [2.75, 3.05) is 0 Å². The molecule has 7 heteroatoms. The number of aromatic nitrogens is 3. The van der Waals surface area contributed by atoms with Crippen LogP contribution >= 0.6 is 11.8 Å². The number of H-pyrrole nitrogens is 1. The van der Waals surface area contributed by atoms with E-state index >= 15 is 0 Å². The summed E-state index contributed by atoms with van der Waals surface area (Å²) in [7, 11) is 0. The van der Waals surface area contributed by atoms with Gasteiger partial charge in [-0.2, -0.15) is 0 Å². The smallest absolute Gasteiger partial charge is 0.354 e. The first-order valence-corrected chi connectivity index (χ1v) is 5.40. The van der Waals surface area contributed by atoms with Crippen LogP contribution in [0.4, 0.5) is 0 Å². The molecule has 17 heavy (non-hydrogen) atoms. The lowest BCUT2D eigenvalue weighted by atomic mass is 10.4. The van der Waals surface area contributed by atoms with Crippen LogP contribution in [0.25, 0.3) is 0 Å². The third kappa shape index (κ3) is 2.91. The van der Waals surface area contributed by atoms with Crippen molar-refractivity contribution in [1.82, 2.24) is 15.0 Å². The fourth-order valence-electron chi connectivity index (χ4n) is 1.09. The lowest BCUT2D eigenvalue weighted by molar-refractivity contribution is 0.0689. The molecule has 0 radical (unpaired) electrons. The number of carboxylic acid groups (broad SMARTS) is 1. The van der Waals surface area contributed by atoms with Gasteiger partial charge in [-0.05, 0) is 23.9 Å². The largest absolute Gasteiger partial charge is 0.477 e. The zero-order chi connectivity index (χ0) is 12.3. The average molecular weight is 249 g/mol. The highest BCUT2D eigenvalue weighted by molar-refractivity contribution is 7.99. The zero-order valence-electron chi connectivity index (χ0n) is 8.45. The minimum atomic E-state index is -1.10. The third-order valence-electron chi connectivity index (χ3n) is 1.79. The molecule has 2 aromatic heterocycles. The Morgan fingerprint density at radius 1 is 1.35 bits per heavy atom. The average Bonchev–Trinajstić information content (AvgIpc) is 2.29. The molecule has 2 aromatic rings. The fourth-order valence-corrected chi connectivity index (χ4v) is 1.85. The van der Waals surface area contributed by atoms with Crippen LogP contribution in [-0.4, -0.2) is 26.0 Å². The van der Waals surface area contributed by atoms with E-state index in [1.807, 2.05) is 0 Å². The van der Waals surface area contributed by atoms with Crippen LogP contribution in [0.5, 0.6) is 0 Å². The predicted molar refractivity (Wildman–Crippen MR) is 60.2 cm³/mol. The molecule has 2 rings (SSSR count). The van der Waals surface area contributed by atoms with E-state index in [4.69, 9.17) is 5.11 Å². The Labute approximate surface area is 99.8 Å². The molecule has 0 aliphatic rings. The summed E-state index contributed by atoms with van der Waals surface area (Å²) >= 11 is 1.09. The summed E-state index contributed by atoms with van der Waals surface area (Å²) in [5, 5.41) is 9.60. The standard InChI is InChI=1S/C10H7N3O3S/c14-7-4-5-11-10(13-7)17-8-3-1-2-6(12-8)9(15)16/h1-5H,(H,15,16)(H,11,13,14). The molecule has 6 nitrogen and oxygen atoms in total. The highest BCUT2D eigenvalue weighted by Crippen LogP contribution is 2.21. The number of rotatable bonds is 3. The Balaban J connectivity index is 2.27. The summed E-state index contributed by atoms with van der Waals surface area (Å²) in [6.45, 7) is 0. The molecule has 2 heterocycles. The zero-order valence-corrected chi connectivity index (χ0v) is 9.27. The van der Waals surface area contributed by atoms with E-state index in [1.165, 1.54) is 18.3 Å². The quantitative estimate of drug-likeness (QED) is 0.788. The molecule has 0 spiro atoms. The Kier molecular flexibility index (Phi) is 3.20. The van der Waals surface area contributed by atoms with E-state index in [-0.39, 0.29) is 11.3 Å². The SMILES string of the molecule is O=C(O)c1cccc(Sc2nccc(=O)[nH]2)n1. The molecule has 0 saturated heterocycles. The van der Waals surface area contributed by atoms with Crippen LogP contribution in [0, 0.1) is 0 Å². The Bertz CT molecular complexity index is 611. The molecule has 0 fully saturated rings. The minimum absolute atomic E-state index is 0.0479. The van der Waals surface area contributed by atoms with Gasteiger partial charge < -0.3 is 10.1 Å². The van der Waals surface area contributed by atoms with Crippen molar-refractivity contribution in [3.63, 3.8) is 0 Å². The first-order chi connectivity index (χ1) is 8.15. The van der Waals surface area contributed by atoms with Crippen molar-refractivity contribution in [1.29, 1.82) is 0 Å². The van der Waals surface area contributed by atoms with Crippen molar-refractivity contribution in [2.24, 2.45) is 0 Å². The van der Waals surface area contributed by atoms with E-state index in [0.29, 0.717) is 10.2 Å². The molecular formula is C10H7N3O3S. The second kappa shape index (κ2) is 4.79. The van der Waals surface area contributed by atoms with Gasteiger partial charge in [0.15, 0.2) is 5.16 Å². The number of pyridine rings is 1. The van der Waals surface area contributed by atoms with Gasteiger partial charge in [0.05, 0.1) is 0 Å². The number of nitrogens with one attached hydrogen (secondary N) is 1. The maximum Gasteiger partial charge on any atom is 0.354 e. The lowest BCUT2D eigenvalue weighted by Gasteiger charge is -2.00. The molecule has 0 aromatic carbocycles. The highest BCUT2D eigenvalue weighted by Gasteiger charge is 2.06. The van der Waals surface area contributed by atoms with Gasteiger partial charge in [0, 0.05) is 12.3 Å². The Morgan fingerprint density at radius 2 is 2.18 bits per heavy atom. The monoisotopic (exact) mass is 249 g/mol. The van der Waals surface area contributed by atoms with E-state index in [9.17, 15) is 9.59 Å². The van der Waals surface area contributed by atoms with Crippen molar-refractivity contribution in [2.45, 2.75) is 10.2 Å². The van der Waals surface area contributed by atoms with Gasteiger partial charge in [-0.3, -0.25) is 4.79 Å². The normalized spacial score (nSPS) is 10.1. The molecule has 2 N–H and O–H groups in total. The van der Waals surface area contributed by atoms with Crippen LogP contribution in [0.2, 0.25) is 0 Å². The summed E-state index contributed by atoms with van der Waals surface area (Å²) < 4.78 is 0. The van der Waals surface area contributed by atoms with Gasteiger partial charge in [-0.1, -0.05) is 6.07 Å². The number of nitrogens with zero attached hydrogens (tertiary/aromatic N) is 2. The van der Waals surface area contributed by atoms with Crippen LogP contribution in [0.15, 0.2) is 45.4 Å². The molecule has 0 unspecified atom stereocenters. The first-order valence-electron chi connectivity index (χ1n) is 4.59. The molecule has 0 aliphatic carbocycles. The number of hydrogen-bond donors (Lipinski definition) is 2. The number of carbonyl (C=O) groups is 1. The van der Waals surface area contributed by atoms with Gasteiger partial charge in [0.1, 0.15) is 10.7 Å². The predicted octanol–water partition coefficient (Wildman–Crippen LogP) is 1.01. The summed E-state index contributed by atoms with van der Waals surface area (Å²) in [5.74, 6) is -1.10.